The highest BCUT2D eigenvalue weighted by Gasteiger charge is 2.30. The number of carbonyl (C=O) groups excluding carboxylic acids is 1. The smallest absolute Gasteiger partial charge is 0.264 e. The number of aryl methyl sites for hydroxylation is 1. The highest BCUT2D eigenvalue weighted by atomic mass is 32.2. The third kappa shape index (κ3) is 4.46. The lowest BCUT2D eigenvalue weighted by molar-refractivity contribution is 0.0743. The van der Waals surface area contributed by atoms with Crippen molar-refractivity contribution in [2.75, 3.05) is 42.4 Å². The number of anilines is 2. The molecule has 0 unspecified atom stereocenters. The number of amides is 1. The molecule has 0 saturated carbocycles. The Balaban J connectivity index is 1.55. The second-order valence-corrected chi connectivity index (χ2v) is 10.2. The molecule has 1 heterocycles. The van der Waals surface area contributed by atoms with Crippen molar-refractivity contribution in [2.45, 2.75) is 18.7 Å². The molecule has 0 spiro atoms. The normalized spacial score (nSPS) is 14.3. The van der Waals surface area contributed by atoms with E-state index in [0.717, 1.165) is 0 Å². The summed E-state index contributed by atoms with van der Waals surface area (Å²) >= 11 is 0. The van der Waals surface area contributed by atoms with Crippen molar-refractivity contribution in [2.24, 2.45) is 0 Å². The molecule has 0 bridgehead atoms. The van der Waals surface area contributed by atoms with Gasteiger partial charge in [-0.05, 0) is 55.3 Å². The topological polar surface area (TPSA) is 60.9 Å². The lowest BCUT2D eigenvalue weighted by Gasteiger charge is -2.37. The monoisotopic (exact) mass is 463 g/mol. The van der Waals surface area contributed by atoms with Crippen molar-refractivity contribution in [3.63, 3.8) is 0 Å². The zero-order valence-corrected chi connectivity index (χ0v) is 20.0. The van der Waals surface area contributed by atoms with E-state index in [1.54, 1.807) is 47.4 Å². The van der Waals surface area contributed by atoms with Crippen LogP contribution in [0.3, 0.4) is 0 Å². The van der Waals surface area contributed by atoms with Crippen LogP contribution < -0.4 is 9.21 Å². The van der Waals surface area contributed by atoms with Gasteiger partial charge in [-0.3, -0.25) is 9.10 Å². The summed E-state index contributed by atoms with van der Waals surface area (Å²) < 4.78 is 28.0. The van der Waals surface area contributed by atoms with Crippen LogP contribution in [0.2, 0.25) is 0 Å². The largest absolute Gasteiger partial charge is 0.368 e. The third-order valence-corrected chi connectivity index (χ3v) is 8.20. The summed E-state index contributed by atoms with van der Waals surface area (Å²) in [4.78, 5) is 17.5. The van der Waals surface area contributed by atoms with Gasteiger partial charge in [0.25, 0.3) is 15.9 Å². The van der Waals surface area contributed by atoms with E-state index in [4.69, 9.17) is 0 Å². The SMILES string of the molecule is Cc1cccc(N2CCN(C(=O)c3ccccc3S(=O)(=O)N(C)c3ccccc3)CC2)c1C. The van der Waals surface area contributed by atoms with E-state index in [9.17, 15) is 13.2 Å². The quantitative estimate of drug-likeness (QED) is 0.572. The van der Waals surface area contributed by atoms with Crippen molar-refractivity contribution in [1.82, 2.24) is 4.90 Å². The lowest BCUT2D eigenvalue weighted by atomic mass is 10.1. The Morgan fingerprint density at radius 3 is 2.15 bits per heavy atom. The van der Waals surface area contributed by atoms with E-state index in [1.807, 2.05) is 6.07 Å². The van der Waals surface area contributed by atoms with Gasteiger partial charge in [0.05, 0.1) is 11.3 Å². The Morgan fingerprint density at radius 1 is 0.818 bits per heavy atom. The van der Waals surface area contributed by atoms with Crippen LogP contribution in [-0.2, 0) is 10.0 Å². The summed E-state index contributed by atoms with van der Waals surface area (Å²) in [5, 5.41) is 0. The minimum Gasteiger partial charge on any atom is -0.368 e. The molecule has 0 aliphatic carbocycles. The average Bonchev–Trinajstić information content (AvgIpc) is 2.85. The molecule has 1 amide bonds. The summed E-state index contributed by atoms with van der Waals surface area (Å²) in [5.74, 6) is -0.253. The van der Waals surface area contributed by atoms with Gasteiger partial charge in [0.15, 0.2) is 0 Å². The highest BCUT2D eigenvalue weighted by Crippen LogP contribution is 2.27. The second kappa shape index (κ2) is 9.27. The first kappa shape index (κ1) is 22.9. The number of rotatable bonds is 5. The number of carbonyl (C=O) groups is 1. The fraction of sp³-hybridized carbons (Fsp3) is 0.269. The Kier molecular flexibility index (Phi) is 6.42. The van der Waals surface area contributed by atoms with Crippen molar-refractivity contribution in [1.29, 1.82) is 0 Å². The highest BCUT2D eigenvalue weighted by molar-refractivity contribution is 7.92. The molecule has 1 fully saturated rings. The predicted molar refractivity (Wildman–Crippen MR) is 133 cm³/mol. The van der Waals surface area contributed by atoms with Crippen LogP contribution in [0.4, 0.5) is 11.4 Å². The van der Waals surface area contributed by atoms with Gasteiger partial charge in [0, 0.05) is 38.9 Å². The Bertz CT molecular complexity index is 1250. The predicted octanol–water partition coefficient (Wildman–Crippen LogP) is 4.09. The van der Waals surface area contributed by atoms with Crippen LogP contribution in [0.15, 0.2) is 77.7 Å². The van der Waals surface area contributed by atoms with Crippen LogP contribution in [0.5, 0.6) is 0 Å². The van der Waals surface area contributed by atoms with E-state index in [0.29, 0.717) is 31.9 Å². The Labute approximate surface area is 196 Å². The second-order valence-electron chi connectivity index (χ2n) is 8.30. The van der Waals surface area contributed by atoms with Crippen LogP contribution in [0, 0.1) is 13.8 Å². The third-order valence-electron chi connectivity index (χ3n) is 6.36. The average molecular weight is 464 g/mol. The van der Waals surface area contributed by atoms with E-state index in [1.165, 1.54) is 34.2 Å². The van der Waals surface area contributed by atoms with Gasteiger partial charge in [-0.1, -0.05) is 42.5 Å². The molecule has 3 aromatic carbocycles. The van der Waals surface area contributed by atoms with Crippen LogP contribution in [0.25, 0.3) is 0 Å². The summed E-state index contributed by atoms with van der Waals surface area (Å²) in [5.41, 5.74) is 4.43. The molecule has 1 aliphatic rings. The molecule has 0 N–H and O–H groups in total. The maximum atomic E-state index is 13.4. The van der Waals surface area contributed by atoms with Crippen molar-refractivity contribution in [3.05, 3.63) is 89.5 Å². The minimum absolute atomic E-state index is 0.0262. The van der Waals surface area contributed by atoms with Crippen LogP contribution in [0.1, 0.15) is 21.5 Å². The molecule has 33 heavy (non-hydrogen) atoms. The van der Waals surface area contributed by atoms with E-state index < -0.39 is 10.0 Å². The fourth-order valence-corrected chi connectivity index (χ4v) is 5.57. The van der Waals surface area contributed by atoms with Gasteiger partial charge in [-0.2, -0.15) is 0 Å². The molecular formula is C26H29N3O3S. The van der Waals surface area contributed by atoms with E-state index in [-0.39, 0.29) is 16.4 Å². The molecular weight excluding hydrogens is 434 g/mol. The fourth-order valence-electron chi connectivity index (χ4n) is 4.19. The van der Waals surface area contributed by atoms with Crippen LogP contribution in [-0.4, -0.2) is 52.5 Å². The molecule has 172 valence electrons. The number of benzene rings is 3. The zero-order chi connectivity index (χ0) is 23.6. The Morgan fingerprint density at radius 2 is 1.45 bits per heavy atom. The van der Waals surface area contributed by atoms with E-state index in [2.05, 4.69) is 36.9 Å². The molecule has 0 aromatic heterocycles. The molecule has 0 atom stereocenters. The molecule has 7 heteroatoms. The molecule has 4 rings (SSSR count). The van der Waals surface area contributed by atoms with Crippen molar-refractivity contribution < 1.29 is 13.2 Å². The number of hydrogen-bond acceptors (Lipinski definition) is 4. The van der Waals surface area contributed by atoms with Gasteiger partial charge in [0.2, 0.25) is 0 Å². The number of sulfonamides is 1. The summed E-state index contributed by atoms with van der Waals surface area (Å²) in [6, 6.07) is 21.6. The van der Waals surface area contributed by atoms with Gasteiger partial charge >= 0.3 is 0 Å². The summed E-state index contributed by atoms with van der Waals surface area (Å²) in [6.07, 6.45) is 0. The van der Waals surface area contributed by atoms with Gasteiger partial charge in [0.1, 0.15) is 4.90 Å². The Hall–Kier alpha value is -3.32. The van der Waals surface area contributed by atoms with Gasteiger partial charge in [-0.25, -0.2) is 8.42 Å². The number of nitrogens with zero attached hydrogens (tertiary/aromatic N) is 3. The van der Waals surface area contributed by atoms with Crippen molar-refractivity contribution >= 4 is 27.3 Å². The lowest BCUT2D eigenvalue weighted by Crippen LogP contribution is -2.49. The first-order valence-corrected chi connectivity index (χ1v) is 12.5. The number of para-hydroxylation sites is 1. The maximum absolute atomic E-state index is 13.4. The first-order valence-electron chi connectivity index (χ1n) is 11.0. The molecule has 0 radical (unpaired) electrons. The minimum atomic E-state index is -3.90. The standard InChI is InChI=1S/C26H29N3O3S/c1-20-10-9-14-24(21(20)2)28-16-18-29(19-17-28)26(30)23-13-7-8-15-25(23)33(31,32)27(3)22-11-5-4-6-12-22/h4-15H,16-19H2,1-3H3. The van der Waals surface area contributed by atoms with Gasteiger partial charge < -0.3 is 9.80 Å². The summed E-state index contributed by atoms with van der Waals surface area (Å²) in [7, 11) is -2.39. The molecule has 6 nitrogen and oxygen atoms in total. The molecule has 1 aliphatic heterocycles. The summed E-state index contributed by atoms with van der Waals surface area (Å²) in [6.45, 7) is 6.70. The number of piperazine rings is 1. The molecule has 1 saturated heterocycles. The zero-order valence-electron chi connectivity index (χ0n) is 19.2. The van der Waals surface area contributed by atoms with Crippen LogP contribution >= 0.6 is 0 Å². The maximum Gasteiger partial charge on any atom is 0.264 e. The van der Waals surface area contributed by atoms with E-state index >= 15 is 0 Å². The molecule has 3 aromatic rings. The number of hydrogen-bond donors (Lipinski definition) is 0. The van der Waals surface area contributed by atoms with Gasteiger partial charge in [-0.15, -0.1) is 0 Å². The van der Waals surface area contributed by atoms with Crippen molar-refractivity contribution in [3.8, 4) is 0 Å². The first-order chi connectivity index (χ1) is 15.8.